The first kappa shape index (κ1) is 22.9. The molecule has 7 heteroatoms. The van der Waals surface area contributed by atoms with Crippen LogP contribution in [0.15, 0.2) is 59.8 Å². The first-order chi connectivity index (χ1) is 15.0. The van der Waals surface area contributed by atoms with Crippen molar-refractivity contribution >= 4 is 17.7 Å². The maximum absolute atomic E-state index is 12.5. The Labute approximate surface area is 188 Å². The number of nitrogens with zero attached hydrogens (tertiary/aromatic N) is 3. The highest BCUT2D eigenvalue weighted by atomic mass is 32.2. The summed E-state index contributed by atoms with van der Waals surface area (Å²) in [6.07, 6.45) is 0. The smallest absolute Gasteiger partial charge is 0.319 e. The van der Waals surface area contributed by atoms with Gasteiger partial charge in [-0.3, -0.25) is 9.36 Å². The van der Waals surface area contributed by atoms with E-state index in [0.29, 0.717) is 24.1 Å². The Bertz CT molecular complexity index is 989. The van der Waals surface area contributed by atoms with E-state index in [1.165, 1.54) is 11.8 Å². The third-order valence-corrected chi connectivity index (χ3v) is 6.29. The minimum Gasteiger partial charge on any atom is -0.485 e. The van der Waals surface area contributed by atoms with Crippen molar-refractivity contribution < 1.29 is 14.3 Å². The van der Waals surface area contributed by atoms with Crippen molar-refractivity contribution in [2.45, 2.75) is 51.3 Å². The molecule has 164 valence electrons. The SMILES string of the molecule is CCOC(=O)[C@H](Sc1nnc(COc2ccccc2C)n1Cc1ccccc1)C(C)C. The second kappa shape index (κ2) is 11.0. The number of aryl methyl sites for hydroxylation is 1. The Morgan fingerprint density at radius 3 is 2.45 bits per heavy atom. The third kappa shape index (κ3) is 6.10. The van der Waals surface area contributed by atoms with Crippen molar-refractivity contribution in [2.75, 3.05) is 6.61 Å². The molecule has 6 nitrogen and oxygen atoms in total. The van der Waals surface area contributed by atoms with Gasteiger partial charge in [-0.2, -0.15) is 0 Å². The summed E-state index contributed by atoms with van der Waals surface area (Å²) in [6, 6.07) is 18.0. The largest absolute Gasteiger partial charge is 0.485 e. The summed E-state index contributed by atoms with van der Waals surface area (Å²) < 4.78 is 13.3. The van der Waals surface area contributed by atoms with Crippen LogP contribution in [0.4, 0.5) is 0 Å². The molecule has 0 spiro atoms. The summed E-state index contributed by atoms with van der Waals surface area (Å²) in [4.78, 5) is 12.5. The lowest BCUT2D eigenvalue weighted by Gasteiger charge is -2.19. The highest BCUT2D eigenvalue weighted by Gasteiger charge is 2.28. The zero-order valence-electron chi connectivity index (χ0n) is 18.4. The predicted molar refractivity (Wildman–Crippen MR) is 122 cm³/mol. The van der Waals surface area contributed by atoms with Crippen molar-refractivity contribution in [3.63, 3.8) is 0 Å². The fourth-order valence-electron chi connectivity index (χ4n) is 3.09. The molecule has 0 N–H and O–H groups in total. The molecule has 0 fully saturated rings. The lowest BCUT2D eigenvalue weighted by atomic mass is 10.1. The minimum atomic E-state index is -0.358. The van der Waals surface area contributed by atoms with Crippen LogP contribution in [0.2, 0.25) is 0 Å². The topological polar surface area (TPSA) is 66.2 Å². The highest BCUT2D eigenvalue weighted by Crippen LogP contribution is 2.29. The van der Waals surface area contributed by atoms with E-state index in [0.717, 1.165) is 16.9 Å². The maximum atomic E-state index is 12.5. The molecular weight excluding hydrogens is 410 g/mol. The van der Waals surface area contributed by atoms with Crippen LogP contribution in [0.5, 0.6) is 5.75 Å². The molecule has 0 unspecified atom stereocenters. The molecule has 0 saturated carbocycles. The quantitative estimate of drug-likeness (QED) is 0.331. The highest BCUT2D eigenvalue weighted by molar-refractivity contribution is 8.00. The van der Waals surface area contributed by atoms with Gasteiger partial charge >= 0.3 is 5.97 Å². The van der Waals surface area contributed by atoms with Gasteiger partial charge in [0.1, 0.15) is 17.6 Å². The average Bonchev–Trinajstić information content (AvgIpc) is 3.13. The molecule has 0 saturated heterocycles. The standard InChI is InChI=1S/C24H29N3O3S/c1-5-29-23(28)22(17(2)3)31-24-26-25-21(16-30-20-14-10-9-11-18(20)4)27(24)15-19-12-7-6-8-13-19/h6-14,17,22H,5,15-16H2,1-4H3/t22-/m1/s1. The normalized spacial score (nSPS) is 12.0. The first-order valence-electron chi connectivity index (χ1n) is 10.5. The molecule has 0 amide bonds. The van der Waals surface area contributed by atoms with Crippen molar-refractivity contribution in [3.8, 4) is 5.75 Å². The van der Waals surface area contributed by atoms with E-state index in [1.54, 1.807) is 0 Å². The molecule has 0 bridgehead atoms. The summed E-state index contributed by atoms with van der Waals surface area (Å²) in [6.45, 7) is 9.09. The number of carbonyl (C=O) groups excluding carboxylic acids is 1. The van der Waals surface area contributed by atoms with Crippen LogP contribution in [0.3, 0.4) is 0 Å². The van der Waals surface area contributed by atoms with Crippen LogP contribution in [-0.2, 0) is 22.7 Å². The summed E-state index contributed by atoms with van der Waals surface area (Å²) in [5.74, 6) is 1.39. The molecule has 0 aliphatic carbocycles. The van der Waals surface area contributed by atoms with E-state index < -0.39 is 0 Å². The fourth-order valence-corrected chi connectivity index (χ4v) is 4.14. The van der Waals surface area contributed by atoms with Crippen LogP contribution in [0.1, 0.15) is 37.7 Å². The minimum absolute atomic E-state index is 0.0950. The van der Waals surface area contributed by atoms with Gasteiger partial charge in [0, 0.05) is 0 Å². The Morgan fingerprint density at radius 2 is 1.77 bits per heavy atom. The second-order valence-electron chi connectivity index (χ2n) is 7.56. The van der Waals surface area contributed by atoms with Crippen LogP contribution < -0.4 is 4.74 Å². The van der Waals surface area contributed by atoms with Gasteiger partial charge in [0.2, 0.25) is 0 Å². The van der Waals surface area contributed by atoms with Gasteiger partial charge in [0.25, 0.3) is 0 Å². The Balaban J connectivity index is 1.87. The van der Waals surface area contributed by atoms with Crippen molar-refractivity contribution in [1.82, 2.24) is 14.8 Å². The molecular formula is C24H29N3O3S. The zero-order chi connectivity index (χ0) is 22.2. The van der Waals surface area contributed by atoms with Crippen molar-refractivity contribution in [2.24, 2.45) is 5.92 Å². The molecule has 1 aromatic heterocycles. The van der Waals surface area contributed by atoms with Crippen LogP contribution >= 0.6 is 11.8 Å². The van der Waals surface area contributed by atoms with Gasteiger partial charge in [0.05, 0.1) is 13.2 Å². The number of hydrogen-bond donors (Lipinski definition) is 0. The van der Waals surface area contributed by atoms with Crippen LogP contribution in [-0.4, -0.2) is 32.6 Å². The van der Waals surface area contributed by atoms with Gasteiger partial charge in [0.15, 0.2) is 11.0 Å². The van der Waals surface area contributed by atoms with Gasteiger partial charge in [-0.25, -0.2) is 0 Å². The summed E-state index contributed by atoms with van der Waals surface area (Å²) >= 11 is 1.40. The van der Waals surface area contributed by atoms with Crippen molar-refractivity contribution in [3.05, 3.63) is 71.5 Å². The average molecular weight is 440 g/mol. The van der Waals surface area contributed by atoms with Gasteiger partial charge in [-0.1, -0.05) is 74.1 Å². The molecule has 3 rings (SSSR count). The molecule has 3 aromatic rings. The van der Waals surface area contributed by atoms with Crippen LogP contribution in [0.25, 0.3) is 0 Å². The monoisotopic (exact) mass is 439 g/mol. The lowest BCUT2D eigenvalue weighted by Crippen LogP contribution is -2.26. The number of thioether (sulfide) groups is 1. The number of carbonyl (C=O) groups is 1. The predicted octanol–water partition coefficient (Wildman–Crippen LogP) is 4.89. The molecule has 0 aliphatic heterocycles. The number of para-hydroxylation sites is 1. The van der Waals surface area contributed by atoms with E-state index in [2.05, 4.69) is 22.3 Å². The Hall–Kier alpha value is -2.80. The number of aromatic nitrogens is 3. The molecule has 0 radical (unpaired) electrons. The zero-order valence-corrected chi connectivity index (χ0v) is 19.3. The fraction of sp³-hybridized carbons (Fsp3) is 0.375. The van der Waals surface area contributed by atoms with E-state index in [4.69, 9.17) is 9.47 Å². The van der Waals surface area contributed by atoms with Crippen molar-refractivity contribution in [1.29, 1.82) is 0 Å². The summed E-state index contributed by atoms with van der Waals surface area (Å²) in [7, 11) is 0. The van der Waals surface area contributed by atoms with Gasteiger partial charge < -0.3 is 9.47 Å². The van der Waals surface area contributed by atoms with Gasteiger partial charge in [-0.05, 0) is 37.0 Å². The third-order valence-electron chi connectivity index (χ3n) is 4.78. The first-order valence-corrected chi connectivity index (χ1v) is 11.3. The Morgan fingerprint density at radius 1 is 1.06 bits per heavy atom. The summed E-state index contributed by atoms with van der Waals surface area (Å²) in [5, 5.41) is 9.11. The van der Waals surface area contributed by atoms with Gasteiger partial charge in [-0.15, -0.1) is 10.2 Å². The Kier molecular flexibility index (Phi) is 8.12. The lowest BCUT2D eigenvalue weighted by molar-refractivity contribution is -0.143. The van der Waals surface area contributed by atoms with E-state index in [-0.39, 0.29) is 23.7 Å². The molecule has 0 aliphatic rings. The number of ether oxygens (including phenoxy) is 2. The second-order valence-corrected chi connectivity index (χ2v) is 8.67. The number of esters is 1. The number of rotatable bonds is 10. The number of hydrogen-bond acceptors (Lipinski definition) is 6. The van der Waals surface area contributed by atoms with Crippen LogP contribution in [0, 0.1) is 12.8 Å². The van der Waals surface area contributed by atoms with E-state index >= 15 is 0 Å². The number of benzene rings is 2. The molecule has 31 heavy (non-hydrogen) atoms. The molecule has 2 aromatic carbocycles. The van der Waals surface area contributed by atoms with E-state index in [1.807, 2.05) is 74.7 Å². The molecule has 1 heterocycles. The summed E-state index contributed by atoms with van der Waals surface area (Å²) in [5.41, 5.74) is 2.19. The van der Waals surface area contributed by atoms with E-state index in [9.17, 15) is 4.79 Å². The molecule has 1 atom stereocenters. The maximum Gasteiger partial charge on any atom is 0.319 e.